The van der Waals surface area contributed by atoms with Gasteiger partial charge in [0.15, 0.2) is 11.5 Å². The molecule has 2 aromatic heterocycles. The molecule has 6 nitrogen and oxygen atoms in total. The smallest absolute Gasteiger partial charge is 0.196 e. The van der Waals surface area contributed by atoms with E-state index >= 15 is 0 Å². The molecule has 0 spiro atoms. The van der Waals surface area contributed by atoms with Crippen LogP contribution >= 0.6 is 11.6 Å². The molecule has 166 valence electrons. The first-order valence-corrected chi connectivity index (χ1v) is 13.5. The average Bonchev–Trinajstić information content (AvgIpc) is 3.23. The molecule has 2 aromatic rings. The van der Waals surface area contributed by atoms with Crippen LogP contribution in [0.25, 0.3) is 5.65 Å². The van der Waals surface area contributed by atoms with Crippen molar-refractivity contribution in [2.24, 2.45) is 0 Å². The van der Waals surface area contributed by atoms with E-state index in [-0.39, 0.29) is 5.75 Å². The highest BCUT2D eigenvalue weighted by molar-refractivity contribution is 7.91. The first-order chi connectivity index (χ1) is 14.0. The highest BCUT2D eigenvalue weighted by atomic mass is 35.5. The summed E-state index contributed by atoms with van der Waals surface area (Å²) in [5.41, 5.74) is 1.54. The molecule has 29 heavy (non-hydrogen) atoms. The number of aromatic nitrogens is 4. The van der Waals surface area contributed by atoms with Crippen molar-refractivity contribution in [2.45, 2.75) is 97.3 Å². The van der Waals surface area contributed by atoms with E-state index in [1.54, 1.807) is 4.52 Å². The lowest BCUT2D eigenvalue weighted by Gasteiger charge is -2.05. The maximum absolute atomic E-state index is 12.3. The molecule has 0 fully saturated rings. The SMILES string of the molecule is CCCCCCCCCCCCS(=O)(=O)CCCc1nnc2c(Cl)c(CC)[nH]n12. The Hall–Kier alpha value is -1.08. The molecule has 0 radical (unpaired) electrons. The fraction of sp³-hybridized carbons (Fsp3) is 0.810. The minimum atomic E-state index is -3.00. The van der Waals surface area contributed by atoms with Crippen LogP contribution in [-0.4, -0.2) is 39.7 Å². The number of nitrogens with one attached hydrogen (secondary N) is 1. The summed E-state index contributed by atoms with van der Waals surface area (Å²) in [5.74, 6) is 1.23. The van der Waals surface area contributed by atoms with Crippen LogP contribution in [0.3, 0.4) is 0 Å². The summed E-state index contributed by atoms with van der Waals surface area (Å²) in [7, 11) is -3.00. The fourth-order valence-corrected chi connectivity index (χ4v) is 5.38. The van der Waals surface area contributed by atoms with Gasteiger partial charge in [-0.05, 0) is 19.3 Å². The number of rotatable bonds is 16. The minimum Gasteiger partial charge on any atom is -0.294 e. The van der Waals surface area contributed by atoms with E-state index in [2.05, 4.69) is 22.2 Å². The summed E-state index contributed by atoms with van der Waals surface area (Å²) in [4.78, 5) is 0. The van der Waals surface area contributed by atoms with Crippen molar-refractivity contribution >= 4 is 27.1 Å². The lowest BCUT2D eigenvalue weighted by atomic mass is 10.1. The van der Waals surface area contributed by atoms with Gasteiger partial charge in [-0.25, -0.2) is 12.9 Å². The van der Waals surface area contributed by atoms with Crippen molar-refractivity contribution < 1.29 is 8.42 Å². The second kappa shape index (κ2) is 12.6. The molecule has 0 aliphatic rings. The highest BCUT2D eigenvalue weighted by Gasteiger charge is 2.16. The van der Waals surface area contributed by atoms with Crippen LogP contribution in [0.4, 0.5) is 0 Å². The Morgan fingerprint density at radius 3 is 2.07 bits per heavy atom. The van der Waals surface area contributed by atoms with Gasteiger partial charge in [-0.1, -0.05) is 83.2 Å². The fourth-order valence-electron chi connectivity index (χ4n) is 3.65. The number of H-pyrrole nitrogens is 1. The molecule has 0 aliphatic heterocycles. The number of aryl methyl sites for hydroxylation is 2. The molecule has 0 atom stereocenters. The molecule has 0 amide bonds. The zero-order valence-electron chi connectivity index (χ0n) is 18.1. The van der Waals surface area contributed by atoms with Crippen molar-refractivity contribution in [3.05, 3.63) is 16.5 Å². The van der Waals surface area contributed by atoms with Crippen LogP contribution in [0.5, 0.6) is 0 Å². The Labute approximate surface area is 180 Å². The minimum absolute atomic E-state index is 0.203. The largest absolute Gasteiger partial charge is 0.294 e. The van der Waals surface area contributed by atoms with Crippen molar-refractivity contribution in [3.63, 3.8) is 0 Å². The number of aromatic amines is 1. The second-order valence-electron chi connectivity index (χ2n) is 7.97. The highest BCUT2D eigenvalue weighted by Crippen LogP contribution is 2.21. The third kappa shape index (κ3) is 7.93. The maximum Gasteiger partial charge on any atom is 0.196 e. The van der Waals surface area contributed by atoms with Gasteiger partial charge in [0.2, 0.25) is 0 Å². The van der Waals surface area contributed by atoms with Gasteiger partial charge < -0.3 is 0 Å². The molecule has 0 saturated heterocycles. The van der Waals surface area contributed by atoms with Crippen LogP contribution in [0.15, 0.2) is 0 Å². The number of halogens is 1. The summed E-state index contributed by atoms with van der Waals surface area (Å²) >= 11 is 6.26. The van der Waals surface area contributed by atoms with Crippen molar-refractivity contribution in [2.75, 3.05) is 11.5 Å². The van der Waals surface area contributed by atoms with Gasteiger partial charge in [0.1, 0.15) is 14.9 Å². The summed E-state index contributed by atoms with van der Waals surface area (Å²) in [6.07, 6.45) is 14.0. The number of hydrogen-bond acceptors (Lipinski definition) is 4. The van der Waals surface area contributed by atoms with Gasteiger partial charge >= 0.3 is 0 Å². The van der Waals surface area contributed by atoms with Gasteiger partial charge in [-0.2, -0.15) is 0 Å². The van der Waals surface area contributed by atoms with E-state index < -0.39 is 9.84 Å². The van der Waals surface area contributed by atoms with Gasteiger partial charge in [-0.15, -0.1) is 10.2 Å². The molecule has 0 saturated carbocycles. The molecule has 0 unspecified atom stereocenters. The molecular formula is C21H37ClN4O2S. The monoisotopic (exact) mass is 444 g/mol. The average molecular weight is 445 g/mol. The topological polar surface area (TPSA) is 80.1 Å². The number of unbranched alkanes of at least 4 members (excludes halogenated alkanes) is 9. The molecule has 0 aliphatic carbocycles. The first-order valence-electron chi connectivity index (χ1n) is 11.3. The molecule has 1 N–H and O–H groups in total. The molecule has 0 aromatic carbocycles. The number of sulfone groups is 1. The van der Waals surface area contributed by atoms with Crippen LogP contribution in [0.1, 0.15) is 96.0 Å². The lowest BCUT2D eigenvalue weighted by molar-refractivity contribution is 0.557. The van der Waals surface area contributed by atoms with E-state index in [1.807, 2.05) is 6.92 Å². The van der Waals surface area contributed by atoms with Gasteiger partial charge in [0.25, 0.3) is 0 Å². The summed E-state index contributed by atoms with van der Waals surface area (Å²) in [6, 6.07) is 0. The van der Waals surface area contributed by atoms with Crippen LogP contribution < -0.4 is 0 Å². The Morgan fingerprint density at radius 1 is 0.862 bits per heavy atom. The van der Waals surface area contributed by atoms with Crippen LogP contribution in [-0.2, 0) is 22.7 Å². The Morgan fingerprint density at radius 2 is 1.45 bits per heavy atom. The standard InChI is InChI=1S/C21H37ClN4O2S/c1-3-5-6-7-8-9-10-11-12-13-16-29(27,28)17-14-15-19-23-24-21-20(22)18(4-2)25-26(19)21/h25H,3-17H2,1-2H3. The Kier molecular flexibility index (Phi) is 10.5. The second-order valence-corrected chi connectivity index (χ2v) is 10.7. The third-order valence-electron chi connectivity index (χ3n) is 5.46. The normalized spacial score (nSPS) is 12.2. The first kappa shape index (κ1) is 24.2. The molecule has 2 rings (SSSR count). The van der Waals surface area contributed by atoms with Crippen molar-refractivity contribution in [3.8, 4) is 0 Å². The maximum atomic E-state index is 12.3. The molecule has 2 heterocycles. The van der Waals surface area contributed by atoms with Crippen LogP contribution in [0, 0.1) is 0 Å². The zero-order valence-corrected chi connectivity index (χ0v) is 19.6. The third-order valence-corrected chi connectivity index (χ3v) is 7.67. The van der Waals surface area contributed by atoms with E-state index in [1.165, 1.54) is 44.9 Å². The Bertz CT molecular complexity index is 829. The Balaban J connectivity index is 1.60. The van der Waals surface area contributed by atoms with Crippen molar-refractivity contribution in [1.29, 1.82) is 0 Å². The predicted molar refractivity (Wildman–Crippen MR) is 121 cm³/mol. The van der Waals surface area contributed by atoms with Crippen LogP contribution in [0.2, 0.25) is 5.02 Å². The summed E-state index contributed by atoms with van der Waals surface area (Å²) in [6.45, 7) is 4.26. The molecule has 0 bridgehead atoms. The van der Waals surface area contributed by atoms with Gasteiger partial charge in [-0.3, -0.25) is 5.10 Å². The van der Waals surface area contributed by atoms with E-state index in [9.17, 15) is 8.42 Å². The predicted octanol–water partition coefficient (Wildman–Crippen LogP) is 5.54. The molecule has 8 heteroatoms. The van der Waals surface area contributed by atoms with Gasteiger partial charge in [0.05, 0.1) is 17.2 Å². The number of fused-ring (bicyclic) bond motifs is 1. The van der Waals surface area contributed by atoms with Gasteiger partial charge in [0, 0.05) is 6.42 Å². The lowest BCUT2D eigenvalue weighted by Crippen LogP contribution is -2.12. The summed E-state index contributed by atoms with van der Waals surface area (Å²) < 4.78 is 26.4. The van der Waals surface area contributed by atoms with E-state index in [0.717, 1.165) is 37.2 Å². The molecular weight excluding hydrogens is 408 g/mol. The van der Waals surface area contributed by atoms with E-state index in [0.29, 0.717) is 29.3 Å². The number of hydrogen-bond donors (Lipinski definition) is 1. The zero-order chi connectivity index (χ0) is 21.1. The van der Waals surface area contributed by atoms with Crippen molar-refractivity contribution in [1.82, 2.24) is 19.8 Å². The number of nitrogens with zero attached hydrogens (tertiary/aromatic N) is 3. The quantitative estimate of drug-likeness (QED) is 0.344. The summed E-state index contributed by atoms with van der Waals surface area (Å²) in [5, 5.41) is 12.0. The van der Waals surface area contributed by atoms with E-state index in [4.69, 9.17) is 11.6 Å².